The summed E-state index contributed by atoms with van der Waals surface area (Å²) in [6.07, 6.45) is 3.33. The van der Waals surface area contributed by atoms with Crippen LogP contribution in [0.5, 0.6) is 5.75 Å². The van der Waals surface area contributed by atoms with E-state index in [1.54, 1.807) is 18.2 Å². The molecule has 2 heterocycles. The van der Waals surface area contributed by atoms with Crippen LogP contribution >= 0.6 is 11.6 Å². The Morgan fingerprint density at radius 3 is 2.39 bits per heavy atom. The number of anilines is 6. The van der Waals surface area contributed by atoms with Crippen LogP contribution in [0.4, 0.5) is 34.6 Å². The van der Waals surface area contributed by atoms with Crippen LogP contribution in [0.25, 0.3) is 0 Å². The summed E-state index contributed by atoms with van der Waals surface area (Å²) in [4.78, 5) is 13.9. The van der Waals surface area contributed by atoms with Crippen molar-refractivity contribution in [3.63, 3.8) is 0 Å². The smallest absolute Gasteiger partial charge is 0.231 e. The van der Waals surface area contributed by atoms with Gasteiger partial charge >= 0.3 is 0 Å². The number of aromatic nitrogens is 2. The Morgan fingerprint density at radius 2 is 1.76 bits per heavy atom. The van der Waals surface area contributed by atoms with Crippen molar-refractivity contribution < 1.29 is 13.2 Å². The largest absolute Gasteiger partial charge is 0.489 e. The van der Waals surface area contributed by atoms with Crippen LogP contribution in [-0.4, -0.2) is 67.9 Å². The van der Waals surface area contributed by atoms with E-state index in [4.69, 9.17) is 22.1 Å². The standard InChI is InChI=1S/C29H40ClN7O3S/c1-6-36(7-2)20-14-16-37(17-15-20)21-12-13-22(24(18-21)40-19(3)4)33-29-34-27(31)26(30)28(35-29)32-23-10-8-9-11-25(23)41(5,38)39/h8-13,18-20H,6-7,14-17H2,1-5H3,(H4,31,32,33,34,35). The van der Waals surface area contributed by atoms with Crippen molar-refractivity contribution in [2.45, 2.75) is 57.6 Å². The molecule has 222 valence electrons. The molecule has 0 atom stereocenters. The highest BCUT2D eigenvalue weighted by Gasteiger charge is 2.24. The molecule has 12 heteroatoms. The van der Waals surface area contributed by atoms with Crippen molar-refractivity contribution in [1.29, 1.82) is 0 Å². The van der Waals surface area contributed by atoms with Gasteiger partial charge in [0.1, 0.15) is 16.6 Å². The Hall–Kier alpha value is -3.28. The fourth-order valence-corrected chi connectivity index (χ4v) is 6.11. The summed E-state index contributed by atoms with van der Waals surface area (Å²) in [7, 11) is -3.50. The van der Waals surface area contributed by atoms with Crippen molar-refractivity contribution in [3.05, 3.63) is 47.5 Å². The predicted octanol–water partition coefficient (Wildman–Crippen LogP) is 5.70. The Morgan fingerprint density at radius 1 is 1.07 bits per heavy atom. The van der Waals surface area contributed by atoms with Crippen LogP contribution in [0.3, 0.4) is 0 Å². The van der Waals surface area contributed by atoms with Crippen LogP contribution in [0.1, 0.15) is 40.5 Å². The number of nitrogens with two attached hydrogens (primary N) is 1. The van der Waals surface area contributed by atoms with E-state index in [0.717, 1.165) is 51.0 Å². The maximum atomic E-state index is 12.3. The molecule has 41 heavy (non-hydrogen) atoms. The number of nitrogens with zero attached hydrogens (tertiary/aromatic N) is 4. The number of halogens is 1. The number of hydrogen-bond donors (Lipinski definition) is 3. The van der Waals surface area contributed by atoms with E-state index in [-0.39, 0.29) is 33.6 Å². The molecule has 0 radical (unpaired) electrons. The topological polar surface area (TPSA) is 126 Å². The maximum absolute atomic E-state index is 12.3. The van der Waals surface area contributed by atoms with Crippen LogP contribution < -0.4 is 26.0 Å². The van der Waals surface area contributed by atoms with Gasteiger partial charge in [-0.1, -0.05) is 37.6 Å². The molecule has 1 fully saturated rings. The first-order valence-electron chi connectivity index (χ1n) is 14.0. The highest BCUT2D eigenvalue weighted by molar-refractivity contribution is 7.90. The summed E-state index contributed by atoms with van der Waals surface area (Å²) in [5.74, 6) is 1.07. The predicted molar refractivity (Wildman–Crippen MR) is 168 cm³/mol. The molecule has 4 rings (SSSR count). The van der Waals surface area contributed by atoms with E-state index >= 15 is 0 Å². The first-order valence-corrected chi connectivity index (χ1v) is 16.2. The molecule has 0 aliphatic carbocycles. The molecule has 0 bridgehead atoms. The summed E-state index contributed by atoms with van der Waals surface area (Å²) in [6.45, 7) is 12.5. The van der Waals surface area contributed by atoms with Gasteiger partial charge in [-0.2, -0.15) is 9.97 Å². The van der Waals surface area contributed by atoms with Gasteiger partial charge in [0.15, 0.2) is 15.7 Å². The fraction of sp³-hybridized carbons (Fsp3) is 0.448. The second-order valence-corrected chi connectivity index (χ2v) is 12.8. The monoisotopic (exact) mass is 601 g/mol. The number of nitrogens with one attached hydrogen (secondary N) is 2. The van der Waals surface area contributed by atoms with E-state index in [9.17, 15) is 8.42 Å². The molecule has 0 spiro atoms. The van der Waals surface area contributed by atoms with E-state index in [1.807, 2.05) is 26.0 Å². The van der Waals surface area contributed by atoms with E-state index < -0.39 is 9.84 Å². The number of ether oxygens (including phenoxy) is 1. The molecular formula is C29H40ClN7O3S. The minimum Gasteiger partial charge on any atom is -0.489 e. The quantitative estimate of drug-likeness (QED) is 0.252. The Bertz CT molecular complexity index is 1460. The van der Waals surface area contributed by atoms with Crippen LogP contribution in [0.15, 0.2) is 47.4 Å². The van der Waals surface area contributed by atoms with E-state index in [2.05, 4.69) is 50.3 Å². The molecule has 0 amide bonds. The number of para-hydroxylation sites is 1. The van der Waals surface area contributed by atoms with Crippen molar-refractivity contribution >= 4 is 56.1 Å². The highest BCUT2D eigenvalue weighted by atomic mass is 35.5. The van der Waals surface area contributed by atoms with Gasteiger partial charge in [-0.15, -0.1) is 0 Å². The zero-order valence-corrected chi connectivity index (χ0v) is 25.9. The molecule has 1 aliphatic rings. The molecule has 1 saturated heterocycles. The fourth-order valence-electron chi connectivity index (χ4n) is 5.14. The summed E-state index contributed by atoms with van der Waals surface area (Å²) in [5, 5.41) is 6.31. The van der Waals surface area contributed by atoms with Crippen molar-refractivity contribution in [3.8, 4) is 5.75 Å². The summed E-state index contributed by atoms with van der Waals surface area (Å²) in [5.41, 5.74) is 8.22. The number of rotatable bonds is 11. The van der Waals surface area contributed by atoms with Gasteiger partial charge in [-0.25, -0.2) is 8.42 Å². The van der Waals surface area contributed by atoms with Gasteiger partial charge in [-0.05, 0) is 64.0 Å². The third kappa shape index (κ3) is 7.52. The van der Waals surface area contributed by atoms with Crippen molar-refractivity contribution in [2.24, 2.45) is 0 Å². The first-order chi connectivity index (χ1) is 19.5. The summed E-state index contributed by atoms with van der Waals surface area (Å²) < 4.78 is 30.7. The lowest BCUT2D eigenvalue weighted by molar-refractivity contribution is 0.186. The second-order valence-electron chi connectivity index (χ2n) is 10.4. The van der Waals surface area contributed by atoms with Gasteiger partial charge < -0.3 is 30.9 Å². The third-order valence-electron chi connectivity index (χ3n) is 7.15. The zero-order valence-electron chi connectivity index (χ0n) is 24.3. The molecule has 3 aromatic rings. The number of piperidine rings is 1. The van der Waals surface area contributed by atoms with Gasteiger partial charge in [0.2, 0.25) is 5.95 Å². The number of benzene rings is 2. The lowest BCUT2D eigenvalue weighted by Crippen LogP contribution is -2.44. The third-order valence-corrected chi connectivity index (χ3v) is 8.68. The van der Waals surface area contributed by atoms with Crippen LogP contribution in [0, 0.1) is 0 Å². The number of nitrogen functional groups attached to an aromatic ring is 1. The van der Waals surface area contributed by atoms with Crippen LogP contribution in [-0.2, 0) is 9.84 Å². The zero-order chi connectivity index (χ0) is 29.7. The summed E-state index contributed by atoms with van der Waals surface area (Å²) >= 11 is 6.42. The van der Waals surface area contributed by atoms with Gasteiger partial charge in [0.05, 0.1) is 22.4 Å². The van der Waals surface area contributed by atoms with Gasteiger partial charge in [-0.3, -0.25) is 0 Å². The van der Waals surface area contributed by atoms with Crippen molar-refractivity contribution in [1.82, 2.24) is 14.9 Å². The van der Waals surface area contributed by atoms with Gasteiger partial charge in [0, 0.05) is 37.1 Å². The lowest BCUT2D eigenvalue weighted by atomic mass is 10.0. The van der Waals surface area contributed by atoms with Gasteiger partial charge in [0.25, 0.3) is 0 Å². The molecular weight excluding hydrogens is 562 g/mol. The van der Waals surface area contributed by atoms with E-state index in [0.29, 0.717) is 23.2 Å². The maximum Gasteiger partial charge on any atom is 0.231 e. The molecule has 2 aromatic carbocycles. The number of sulfone groups is 1. The second kappa shape index (κ2) is 13.1. The Labute approximate surface area is 248 Å². The molecule has 1 aromatic heterocycles. The average Bonchev–Trinajstić information content (AvgIpc) is 2.93. The average molecular weight is 602 g/mol. The van der Waals surface area contributed by atoms with E-state index in [1.165, 1.54) is 6.07 Å². The Balaban J connectivity index is 1.59. The molecule has 1 aliphatic heterocycles. The summed E-state index contributed by atoms with van der Waals surface area (Å²) in [6, 6.07) is 13.2. The molecule has 4 N–H and O–H groups in total. The lowest BCUT2D eigenvalue weighted by Gasteiger charge is -2.39. The minimum absolute atomic E-state index is 0.0440. The first kappa shape index (κ1) is 30.7. The SMILES string of the molecule is CCN(CC)C1CCN(c2ccc(Nc3nc(N)c(Cl)c(Nc4ccccc4S(C)(=O)=O)n3)c(OC(C)C)c2)CC1. The Kier molecular flexibility index (Phi) is 9.83. The molecule has 10 nitrogen and oxygen atoms in total. The molecule has 0 saturated carbocycles. The normalized spacial score (nSPS) is 14.5. The highest BCUT2D eigenvalue weighted by Crippen LogP contribution is 2.36. The number of hydrogen-bond acceptors (Lipinski definition) is 10. The van der Waals surface area contributed by atoms with Crippen LogP contribution in [0.2, 0.25) is 5.02 Å². The molecule has 0 unspecified atom stereocenters. The van der Waals surface area contributed by atoms with Crippen molar-refractivity contribution in [2.75, 3.05) is 53.7 Å². The minimum atomic E-state index is -3.50.